The molecule has 0 aliphatic heterocycles. The Kier molecular flexibility index (Phi) is 5.04. The number of nitro benzene ring substituents is 1. The Morgan fingerprint density at radius 2 is 2.08 bits per heavy atom. The average Bonchev–Trinajstić information content (AvgIpc) is 3.05. The van der Waals surface area contributed by atoms with Crippen LogP contribution in [-0.2, 0) is 11.2 Å². The number of amides is 1. The first-order chi connectivity index (χ1) is 12.4. The van der Waals surface area contributed by atoms with Crippen LogP contribution in [-0.4, -0.2) is 15.8 Å². The minimum absolute atomic E-state index is 0.0218. The van der Waals surface area contributed by atoms with Gasteiger partial charge in [-0.25, -0.2) is 9.37 Å². The van der Waals surface area contributed by atoms with Gasteiger partial charge in [-0.1, -0.05) is 18.2 Å². The predicted octanol–water partition coefficient (Wildman–Crippen LogP) is 4.35. The topological polar surface area (TPSA) is 85.1 Å². The van der Waals surface area contributed by atoms with E-state index in [2.05, 4.69) is 10.3 Å². The van der Waals surface area contributed by atoms with E-state index in [1.807, 2.05) is 0 Å². The third-order valence-corrected chi connectivity index (χ3v) is 4.68. The van der Waals surface area contributed by atoms with Gasteiger partial charge in [0.2, 0.25) is 5.91 Å². The first kappa shape index (κ1) is 17.7. The maximum absolute atomic E-state index is 13.3. The summed E-state index contributed by atoms with van der Waals surface area (Å²) >= 11 is 1.32. The summed E-state index contributed by atoms with van der Waals surface area (Å²) in [5.41, 5.74) is 1.94. The average molecular weight is 371 g/mol. The summed E-state index contributed by atoms with van der Waals surface area (Å²) in [7, 11) is 0. The molecule has 26 heavy (non-hydrogen) atoms. The third kappa shape index (κ3) is 3.92. The van der Waals surface area contributed by atoms with Crippen molar-refractivity contribution < 1.29 is 14.1 Å². The molecule has 132 valence electrons. The fourth-order valence-electron chi connectivity index (χ4n) is 2.46. The van der Waals surface area contributed by atoms with E-state index in [0.29, 0.717) is 27.5 Å². The number of nitro groups is 1. The minimum atomic E-state index is -0.489. The van der Waals surface area contributed by atoms with Crippen LogP contribution in [0.2, 0.25) is 0 Å². The Bertz CT molecular complexity index is 987. The molecule has 0 unspecified atom stereocenters. The van der Waals surface area contributed by atoms with Gasteiger partial charge in [0.25, 0.3) is 5.69 Å². The van der Waals surface area contributed by atoms with E-state index < -0.39 is 4.92 Å². The summed E-state index contributed by atoms with van der Waals surface area (Å²) in [6.45, 7) is 1.58. The standard InChI is InChI=1S/C18H14FN3O3S/c1-11-15(6-3-7-16(11)22(24)25)21-17(23)9-14-10-26-18(20-14)12-4-2-5-13(19)8-12/h2-8,10H,9H2,1H3,(H,21,23). The van der Waals surface area contributed by atoms with E-state index in [1.54, 1.807) is 30.5 Å². The highest BCUT2D eigenvalue weighted by Gasteiger charge is 2.16. The maximum atomic E-state index is 13.3. The smallest absolute Gasteiger partial charge is 0.274 e. The lowest BCUT2D eigenvalue weighted by atomic mass is 10.1. The molecular weight excluding hydrogens is 357 g/mol. The van der Waals surface area contributed by atoms with Crippen LogP contribution in [0.5, 0.6) is 0 Å². The molecule has 2 aromatic carbocycles. The van der Waals surface area contributed by atoms with E-state index in [-0.39, 0.29) is 23.8 Å². The van der Waals surface area contributed by atoms with Crippen molar-refractivity contribution in [3.05, 3.63) is 75.0 Å². The Morgan fingerprint density at radius 3 is 2.81 bits per heavy atom. The minimum Gasteiger partial charge on any atom is -0.325 e. The number of carbonyl (C=O) groups excluding carboxylic acids is 1. The lowest BCUT2D eigenvalue weighted by molar-refractivity contribution is -0.385. The highest BCUT2D eigenvalue weighted by molar-refractivity contribution is 7.13. The molecule has 0 saturated heterocycles. The summed E-state index contributed by atoms with van der Waals surface area (Å²) in [6.07, 6.45) is 0.0218. The van der Waals surface area contributed by atoms with Crippen LogP contribution in [0.15, 0.2) is 47.8 Å². The van der Waals surface area contributed by atoms with E-state index in [9.17, 15) is 19.3 Å². The first-order valence-corrected chi connectivity index (χ1v) is 8.56. The van der Waals surface area contributed by atoms with E-state index in [1.165, 1.54) is 35.6 Å². The molecule has 0 aliphatic rings. The molecule has 1 heterocycles. The van der Waals surface area contributed by atoms with Gasteiger partial charge in [0.1, 0.15) is 10.8 Å². The molecule has 1 N–H and O–H groups in total. The van der Waals surface area contributed by atoms with E-state index in [4.69, 9.17) is 0 Å². The molecule has 3 rings (SSSR count). The molecule has 0 fully saturated rings. The molecule has 0 radical (unpaired) electrons. The second-order valence-corrected chi connectivity index (χ2v) is 6.44. The molecule has 8 heteroatoms. The number of nitrogens with one attached hydrogen (secondary N) is 1. The summed E-state index contributed by atoms with van der Waals surface area (Å²) in [6, 6.07) is 10.6. The lowest BCUT2D eigenvalue weighted by Gasteiger charge is -2.07. The highest BCUT2D eigenvalue weighted by Crippen LogP contribution is 2.26. The fourth-order valence-corrected chi connectivity index (χ4v) is 3.27. The Balaban J connectivity index is 1.72. The maximum Gasteiger partial charge on any atom is 0.274 e. The van der Waals surface area contributed by atoms with Crippen molar-refractivity contribution in [2.75, 3.05) is 5.32 Å². The van der Waals surface area contributed by atoms with Crippen LogP contribution in [0, 0.1) is 22.9 Å². The monoisotopic (exact) mass is 371 g/mol. The summed E-state index contributed by atoms with van der Waals surface area (Å²) in [5.74, 6) is -0.678. The van der Waals surface area contributed by atoms with Crippen LogP contribution >= 0.6 is 11.3 Å². The molecule has 6 nitrogen and oxygen atoms in total. The molecule has 0 aliphatic carbocycles. The zero-order valence-electron chi connectivity index (χ0n) is 13.7. The number of hydrogen-bond donors (Lipinski definition) is 1. The van der Waals surface area contributed by atoms with Crippen molar-refractivity contribution in [3.63, 3.8) is 0 Å². The van der Waals surface area contributed by atoms with Crippen molar-refractivity contribution >= 4 is 28.6 Å². The lowest BCUT2D eigenvalue weighted by Crippen LogP contribution is -2.15. The SMILES string of the molecule is Cc1c(NC(=O)Cc2csc(-c3cccc(F)c3)n2)cccc1[N+](=O)[O-]. The second-order valence-electron chi connectivity index (χ2n) is 5.59. The van der Waals surface area contributed by atoms with Crippen LogP contribution in [0.4, 0.5) is 15.8 Å². The van der Waals surface area contributed by atoms with Crippen LogP contribution in [0.1, 0.15) is 11.3 Å². The number of benzene rings is 2. The van der Waals surface area contributed by atoms with Gasteiger partial charge in [0.15, 0.2) is 0 Å². The number of rotatable bonds is 5. The Hall–Kier alpha value is -3.13. The van der Waals surface area contributed by atoms with Gasteiger partial charge in [0, 0.05) is 17.0 Å². The van der Waals surface area contributed by atoms with Crippen molar-refractivity contribution in [1.82, 2.24) is 4.98 Å². The van der Waals surface area contributed by atoms with Gasteiger partial charge in [-0.05, 0) is 25.1 Å². The number of halogens is 1. The van der Waals surface area contributed by atoms with Crippen LogP contribution in [0.3, 0.4) is 0 Å². The largest absolute Gasteiger partial charge is 0.325 e. The van der Waals surface area contributed by atoms with Crippen molar-refractivity contribution in [1.29, 1.82) is 0 Å². The third-order valence-electron chi connectivity index (χ3n) is 3.74. The summed E-state index contributed by atoms with van der Waals surface area (Å²) < 4.78 is 13.3. The van der Waals surface area contributed by atoms with Gasteiger partial charge in [-0.3, -0.25) is 14.9 Å². The predicted molar refractivity (Wildman–Crippen MR) is 97.7 cm³/mol. The second kappa shape index (κ2) is 7.40. The zero-order valence-corrected chi connectivity index (χ0v) is 14.5. The first-order valence-electron chi connectivity index (χ1n) is 7.68. The number of carbonyl (C=O) groups is 1. The van der Waals surface area contributed by atoms with Crippen molar-refractivity contribution in [3.8, 4) is 10.6 Å². The van der Waals surface area contributed by atoms with Gasteiger partial charge >= 0.3 is 0 Å². The Morgan fingerprint density at radius 1 is 1.31 bits per heavy atom. The molecule has 1 amide bonds. The van der Waals surface area contributed by atoms with Crippen molar-refractivity contribution in [2.24, 2.45) is 0 Å². The number of anilines is 1. The van der Waals surface area contributed by atoms with E-state index >= 15 is 0 Å². The summed E-state index contributed by atoms with van der Waals surface area (Å²) in [4.78, 5) is 27.1. The van der Waals surface area contributed by atoms with E-state index in [0.717, 1.165) is 0 Å². The zero-order chi connectivity index (χ0) is 18.7. The molecule has 0 spiro atoms. The number of hydrogen-bond acceptors (Lipinski definition) is 5. The van der Waals surface area contributed by atoms with Crippen molar-refractivity contribution in [2.45, 2.75) is 13.3 Å². The Labute approximate surface area is 152 Å². The molecule has 0 bridgehead atoms. The highest BCUT2D eigenvalue weighted by atomic mass is 32.1. The molecule has 0 atom stereocenters. The van der Waals surface area contributed by atoms with Crippen LogP contribution < -0.4 is 5.32 Å². The normalized spacial score (nSPS) is 10.5. The summed E-state index contributed by atoms with van der Waals surface area (Å²) in [5, 5.41) is 16.0. The molecule has 0 saturated carbocycles. The van der Waals surface area contributed by atoms with Crippen LogP contribution in [0.25, 0.3) is 10.6 Å². The molecule has 3 aromatic rings. The van der Waals surface area contributed by atoms with Gasteiger partial charge in [0.05, 0.1) is 28.3 Å². The van der Waals surface area contributed by atoms with Gasteiger partial charge < -0.3 is 5.32 Å². The number of aromatic nitrogens is 1. The molecular formula is C18H14FN3O3S. The number of nitrogens with zero attached hydrogens (tertiary/aromatic N) is 2. The van der Waals surface area contributed by atoms with Gasteiger partial charge in [-0.15, -0.1) is 11.3 Å². The molecule has 1 aromatic heterocycles. The van der Waals surface area contributed by atoms with Gasteiger partial charge in [-0.2, -0.15) is 0 Å². The number of thiazole rings is 1. The quantitative estimate of drug-likeness (QED) is 0.534. The fraction of sp³-hybridized carbons (Fsp3) is 0.111.